The molecule has 1 aromatic carbocycles. The number of hydrogen-bond donors (Lipinski definition) is 2. The fraction of sp³-hybridized carbons (Fsp3) is 0. The summed E-state index contributed by atoms with van der Waals surface area (Å²) in [6.45, 7) is 0. The molecule has 0 fully saturated rings. The number of aromatic amines is 1. The summed E-state index contributed by atoms with van der Waals surface area (Å²) in [6, 6.07) is 5.97. The van der Waals surface area contributed by atoms with Gasteiger partial charge in [-0.15, -0.1) is 0 Å². The van der Waals surface area contributed by atoms with Crippen LogP contribution in [0.5, 0.6) is 0 Å². The number of nitrogens with two attached hydrogens (primary N) is 1. The van der Waals surface area contributed by atoms with Crippen LogP contribution in [0.2, 0.25) is 0 Å². The third kappa shape index (κ3) is 2.28. The van der Waals surface area contributed by atoms with Gasteiger partial charge in [0, 0.05) is 34.8 Å². The SMILES string of the molecule is N#C/C(=C\c1c[nH]c2ccc([N+](=O)[O-])cc12)C(N)=O. The van der Waals surface area contributed by atoms with E-state index < -0.39 is 10.8 Å². The van der Waals surface area contributed by atoms with Crippen LogP contribution in [0.3, 0.4) is 0 Å². The Labute approximate surface area is 107 Å². The monoisotopic (exact) mass is 256 g/mol. The number of carbonyl (C=O) groups excluding carboxylic acids is 1. The molecule has 0 aliphatic rings. The number of H-pyrrole nitrogens is 1. The summed E-state index contributed by atoms with van der Waals surface area (Å²) in [6.07, 6.45) is 2.85. The summed E-state index contributed by atoms with van der Waals surface area (Å²) < 4.78 is 0. The Balaban J connectivity index is 2.62. The van der Waals surface area contributed by atoms with Gasteiger partial charge in [0.25, 0.3) is 11.6 Å². The Morgan fingerprint density at radius 3 is 2.84 bits per heavy atom. The Morgan fingerprint density at radius 1 is 1.53 bits per heavy atom. The fourth-order valence-electron chi connectivity index (χ4n) is 1.68. The van der Waals surface area contributed by atoms with Gasteiger partial charge in [-0.05, 0) is 12.1 Å². The van der Waals surface area contributed by atoms with E-state index >= 15 is 0 Å². The zero-order chi connectivity index (χ0) is 14.0. The Hall–Kier alpha value is -3.14. The molecule has 0 spiro atoms. The molecule has 0 saturated carbocycles. The van der Waals surface area contributed by atoms with Crippen molar-refractivity contribution in [3.63, 3.8) is 0 Å². The van der Waals surface area contributed by atoms with Crippen molar-refractivity contribution in [2.24, 2.45) is 5.73 Å². The summed E-state index contributed by atoms with van der Waals surface area (Å²) in [4.78, 5) is 24.1. The van der Waals surface area contributed by atoms with E-state index in [4.69, 9.17) is 11.0 Å². The van der Waals surface area contributed by atoms with Crippen LogP contribution in [0.1, 0.15) is 5.56 Å². The lowest BCUT2D eigenvalue weighted by Gasteiger charge is -1.95. The number of nitrogens with one attached hydrogen (secondary N) is 1. The van der Waals surface area contributed by atoms with Gasteiger partial charge in [0.05, 0.1) is 4.92 Å². The van der Waals surface area contributed by atoms with Crippen molar-refractivity contribution in [1.82, 2.24) is 4.98 Å². The van der Waals surface area contributed by atoms with E-state index in [1.165, 1.54) is 18.2 Å². The lowest BCUT2D eigenvalue weighted by atomic mass is 10.1. The van der Waals surface area contributed by atoms with Crippen LogP contribution in [0.4, 0.5) is 5.69 Å². The molecule has 7 nitrogen and oxygen atoms in total. The third-order valence-corrected chi connectivity index (χ3v) is 2.59. The number of nitrogens with zero attached hydrogens (tertiary/aromatic N) is 2. The molecule has 7 heteroatoms. The maximum Gasteiger partial charge on any atom is 0.270 e. The van der Waals surface area contributed by atoms with E-state index in [2.05, 4.69) is 4.98 Å². The van der Waals surface area contributed by atoms with Gasteiger partial charge in [0.15, 0.2) is 0 Å². The number of amides is 1. The molecule has 2 aromatic rings. The molecular weight excluding hydrogens is 248 g/mol. The molecule has 19 heavy (non-hydrogen) atoms. The first-order valence-electron chi connectivity index (χ1n) is 5.20. The summed E-state index contributed by atoms with van der Waals surface area (Å²) in [5.74, 6) is -0.845. The summed E-state index contributed by atoms with van der Waals surface area (Å²) >= 11 is 0. The van der Waals surface area contributed by atoms with Crippen molar-refractivity contribution in [2.45, 2.75) is 0 Å². The first-order valence-corrected chi connectivity index (χ1v) is 5.20. The van der Waals surface area contributed by atoms with E-state index in [1.807, 2.05) is 0 Å². The summed E-state index contributed by atoms with van der Waals surface area (Å²) in [7, 11) is 0. The van der Waals surface area contributed by atoms with Crippen molar-refractivity contribution in [3.8, 4) is 6.07 Å². The second-order valence-corrected chi connectivity index (χ2v) is 3.77. The molecule has 0 aliphatic heterocycles. The first kappa shape index (κ1) is 12.3. The van der Waals surface area contributed by atoms with Crippen LogP contribution in [-0.2, 0) is 4.79 Å². The van der Waals surface area contributed by atoms with Crippen LogP contribution in [-0.4, -0.2) is 15.8 Å². The minimum absolute atomic E-state index is 0.0701. The number of hydrogen-bond acceptors (Lipinski definition) is 4. The van der Waals surface area contributed by atoms with E-state index in [-0.39, 0.29) is 11.3 Å². The van der Waals surface area contributed by atoms with Gasteiger partial charge in [0.1, 0.15) is 11.6 Å². The Morgan fingerprint density at radius 2 is 2.26 bits per heavy atom. The molecule has 0 radical (unpaired) electrons. The highest BCUT2D eigenvalue weighted by molar-refractivity contribution is 6.03. The number of rotatable bonds is 3. The lowest BCUT2D eigenvalue weighted by molar-refractivity contribution is -0.384. The molecular formula is C12H8N4O3. The van der Waals surface area contributed by atoms with Gasteiger partial charge >= 0.3 is 0 Å². The lowest BCUT2D eigenvalue weighted by Crippen LogP contribution is -2.12. The molecule has 0 aliphatic carbocycles. The van der Waals surface area contributed by atoms with Crippen molar-refractivity contribution < 1.29 is 9.72 Å². The van der Waals surface area contributed by atoms with E-state index in [0.717, 1.165) is 0 Å². The first-order chi connectivity index (χ1) is 9.02. The highest BCUT2D eigenvalue weighted by Crippen LogP contribution is 2.25. The van der Waals surface area contributed by atoms with Gasteiger partial charge < -0.3 is 10.7 Å². The molecule has 1 aromatic heterocycles. The quantitative estimate of drug-likeness (QED) is 0.373. The zero-order valence-electron chi connectivity index (χ0n) is 9.58. The number of aromatic nitrogens is 1. The van der Waals surface area contributed by atoms with Crippen molar-refractivity contribution in [1.29, 1.82) is 5.26 Å². The Kier molecular flexibility index (Phi) is 3.00. The number of primary amides is 1. The summed E-state index contributed by atoms with van der Waals surface area (Å²) in [5.41, 5.74) is 5.91. The van der Waals surface area contributed by atoms with E-state index in [1.54, 1.807) is 18.3 Å². The molecule has 0 bridgehead atoms. The standard InChI is InChI=1S/C12H8N4O3/c13-5-7(12(14)17)3-8-6-15-11-2-1-9(16(18)19)4-10(8)11/h1-4,6,15H,(H2,14,17)/b7-3+. The summed E-state index contributed by atoms with van der Waals surface area (Å²) in [5, 5.41) is 20.0. The van der Waals surface area contributed by atoms with Crippen LogP contribution < -0.4 is 5.73 Å². The molecule has 1 amide bonds. The number of nitro groups is 1. The number of fused-ring (bicyclic) bond motifs is 1. The minimum atomic E-state index is -0.845. The third-order valence-electron chi connectivity index (χ3n) is 2.59. The van der Waals surface area contributed by atoms with Crippen LogP contribution in [0.15, 0.2) is 30.0 Å². The molecule has 3 N–H and O–H groups in total. The topological polar surface area (TPSA) is 126 Å². The zero-order valence-corrected chi connectivity index (χ0v) is 9.58. The largest absolute Gasteiger partial charge is 0.365 e. The van der Waals surface area contributed by atoms with Crippen LogP contribution >= 0.6 is 0 Å². The molecule has 0 unspecified atom stereocenters. The van der Waals surface area contributed by atoms with Crippen molar-refractivity contribution >= 4 is 28.6 Å². The highest BCUT2D eigenvalue weighted by atomic mass is 16.6. The number of nitro benzene ring substituents is 1. The predicted octanol–water partition coefficient (Wildman–Crippen LogP) is 1.47. The maximum atomic E-state index is 11.0. The minimum Gasteiger partial charge on any atom is -0.365 e. The average molecular weight is 256 g/mol. The molecule has 2 rings (SSSR count). The molecule has 0 atom stereocenters. The number of benzene rings is 1. The number of nitriles is 1. The van der Waals surface area contributed by atoms with Gasteiger partial charge in [-0.2, -0.15) is 5.26 Å². The second kappa shape index (κ2) is 4.62. The number of non-ortho nitro benzene ring substituents is 1. The van der Waals surface area contributed by atoms with Gasteiger partial charge in [-0.1, -0.05) is 0 Å². The highest BCUT2D eigenvalue weighted by Gasteiger charge is 2.11. The van der Waals surface area contributed by atoms with Crippen molar-refractivity contribution in [2.75, 3.05) is 0 Å². The van der Waals surface area contributed by atoms with Gasteiger partial charge in [-0.25, -0.2) is 0 Å². The van der Waals surface area contributed by atoms with Crippen LogP contribution in [0, 0.1) is 21.4 Å². The average Bonchev–Trinajstić information content (AvgIpc) is 2.77. The normalized spacial score (nSPS) is 11.2. The molecule has 0 saturated heterocycles. The molecule has 1 heterocycles. The predicted molar refractivity (Wildman–Crippen MR) is 67.7 cm³/mol. The maximum absolute atomic E-state index is 11.0. The van der Waals surface area contributed by atoms with Gasteiger partial charge in [0.2, 0.25) is 0 Å². The molecule has 94 valence electrons. The van der Waals surface area contributed by atoms with Crippen LogP contribution in [0.25, 0.3) is 17.0 Å². The van der Waals surface area contributed by atoms with E-state index in [9.17, 15) is 14.9 Å². The van der Waals surface area contributed by atoms with Gasteiger partial charge in [-0.3, -0.25) is 14.9 Å². The second-order valence-electron chi connectivity index (χ2n) is 3.77. The van der Waals surface area contributed by atoms with E-state index in [0.29, 0.717) is 16.5 Å². The Bertz CT molecular complexity index is 752. The van der Waals surface area contributed by atoms with Crippen molar-refractivity contribution in [3.05, 3.63) is 45.6 Å². The smallest absolute Gasteiger partial charge is 0.270 e. The fourth-order valence-corrected chi connectivity index (χ4v) is 1.68. The number of carbonyl (C=O) groups is 1.